The Morgan fingerprint density at radius 2 is 2.14 bits per heavy atom. The van der Waals surface area contributed by atoms with Crippen LogP contribution in [0, 0.1) is 5.92 Å². The van der Waals surface area contributed by atoms with Gasteiger partial charge in [-0.05, 0) is 31.7 Å². The Balaban J connectivity index is 2.22. The molecule has 1 fully saturated rings. The lowest BCUT2D eigenvalue weighted by atomic mass is 9.82. The molecule has 0 spiro atoms. The van der Waals surface area contributed by atoms with E-state index in [0.29, 0.717) is 5.92 Å². The van der Waals surface area contributed by atoms with Crippen LogP contribution < -0.4 is 0 Å². The van der Waals surface area contributed by atoms with E-state index in [2.05, 4.69) is 4.98 Å². The van der Waals surface area contributed by atoms with Gasteiger partial charge in [-0.1, -0.05) is 18.9 Å². The number of aliphatic hydroxyl groups is 1. The van der Waals surface area contributed by atoms with Crippen LogP contribution >= 0.6 is 0 Å². The molecular formula is C12H17NO. The fourth-order valence-electron chi connectivity index (χ4n) is 2.39. The van der Waals surface area contributed by atoms with Crippen LogP contribution in [0.1, 0.15) is 38.2 Å². The van der Waals surface area contributed by atoms with Crippen molar-refractivity contribution in [2.45, 2.75) is 38.2 Å². The first kappa shape index (κ1) is 9.66. The maximum absolute atomic E-state index is 10.4. The van der Waals surface area contributed by atoms with E-state index in [0.717, 1.165) is 18.4 Å². The highest BCUT2D eigenvalue weighted by Crippen LogP contribution is 2.39. The lowest BCUT2D eigenvalue weighted by Crippen LogP contribution is -2.30. The van der Waals surface area contributed by atoms with Crippen molar-refractivity contribution in [1.82, 2.24) is 4.98 Å². The summed E-state index contributed by atoms with van der Waals surface area (Å²) < 4.78 is 0. The summed E-state index contributed by atoms with van der Waals surface area (Å²) in [6, 6.07) is 3.85. The molecule has 2 rings (SSSR count). The zero-order valence-corrected chi connectivity index (χ0v) is 8.61. The fourth-order valence-corrected chi connectivity index (χ4v) is 2.39. The molecule has 2 nitrogen and oxygen atoms in total. The molecule has 0 aliphatic heterocycles. The average Bonchev–Trinajstić information content (AvgIpc) is 2.72. The summed E-state index contributed by atoms with van der Waals surface area (Å²) in [5, 5.41) is 10.4. The van der Waals surface area contributed by atoms with Crippen LogP contribution in [-0.4, -0.2) is 10.1 Å². The fraction of sp³-hybridized carbons (Fsp3) is 0.583. The quantitative estimate of drug-likeness (QED) is 0.779. The van der Waals surface area contributed by atoms with Gasteiger partial charge in [-0.3, -0.25) is 4.98 Å². The van der Waals surface area contributed by atoms with Crippen molar-refractivity contribution < 1.29 is 5.11 Å². The third kappa shape index (κ3) is 1.67. The van der Waals surface area contributed by atoms with E-state index in [1.807, 2.05) is 19.1 Å². The number of rotatable bonds is 2. The molecule has 0 aromatic carbocycles. The van der Waals surface area contributed by atoms with E-state index < -0.39 is 5.60 Å². The summed E-state index contributed by atoms with van der Waals surface area (Å²) in [4.78, 5) is 4.06. The van der Waals surface area contributed by atoms with Gasteiger partial charge in [-0.2, -0.15) is 0 Å². The summed E-state index contributed by atoms with van der Waals surface area (Å²) in [6.45, 7) is 1.92. The molecular weight excluding hydrogens is 174 g/mol. The maximum Gasteiger partial charge on any atom is 0.0911 e. The molecule has 1 aromatic rings. The summed E-state index contributed by atoms with van der Waals surface area (Å²) >= 11 is 0. The van der Waals surface area contributed by atoms with Crippen LogP contribution in [0.15, 0.2) is 24.5 Å². The van der Waals surface area contributed by atoms with Gasteiger partial charge in [-0.15, -0.1) is 0 Å². The van der Waals surface area contributed by atoms with E-state index in [1.54, 1.807) is 12.4 Å². The SMILES string of the molecule is CC(O)(c1cccnc1)C1CCCC1. The number of pyridine rings is 1. The molecule has 0 radical (unpaired) electrons. The first-order valence-electron chi connectivity index (χ1n) is 5.34. The molecule has 1 aliphatic rings. The topological polar surface area (TPSA) is 33.1 Å². The molecule has 1 unspecified atom stereocenters. The van der Waals surface area contributed by atoms with Gasteiger partial charge < -0.3 is 5.11 Å². The zero-order chi connectivity index (χ0) is 10.0. The van der Waals surface area contributed by atoms with E-state index >= 15 is 0 Å². The molecule has 76 valence electrons. The summed E-state index contributed by atoms with van der Waals surface area (Å²) in [6.07, 6.45) is 8.30. The van der Waals surface area contributed by atoms with E-state index in [9.17, 15) is 5.11 Å². The lowest BCUT2D eigenvalue weighted by molar-refractivity contribution is -0.00362. The monoisotopic (exact) mass is 191 g/mol. The van der Waals surface area contributed by atoms with Crippen LogP contribution in [0.5, 0.6) is 0 Å². The molecule has 2 heteroatoms. The van der Waals surface area contributed by atoms with Gasteiger partial charge >= 0.3 is 0 Å². The minimum atomic E-state index is -0.690. The van der Waals surface area contributed by atoms with Crippen molar-refractivity contribution in [1.29, 1.82) is 0 Å². The second-order valence-corrected chi connectivity index (χ2v) is 4.37. The van der Waals surface area contributed by atoms with Crippen molar-refractivity contribution in [3.63, 3.8) is 0 Å². The number of hydrogen-bond donors (Lipinski definition) is 1. The molecule has 0 saturated heterocycles. The van der Waals surface area contributed by atoms with Crippen LogP contribution in [0.2, 0.25) is 0 Å². The highest BCUT2D eigenvalue weighted by Gasteiger charge is 2.35. The normalized spacial score (nSPS) is 22.1. The molecule has 1 N–H and O–H groups in total. The summed E-state index contributed by atoms with van der Waals surface area (Å²) in [5.74, 6) is 0.409. The van der Waals surface area contributed by atoms with Gasteiger partial charge in [0.05, 0.1) is 5.60 Å². The third-order valence-electron chi connectivity index (χ3n) is 3.40. The molecule has 1 atom stereocenters. The average molecular weight is 191 g/mol. The van der Waals surface area contributed by atoms with Gasteiger partial charge in [0.25, 0.3) is 0 Å². The molecule has 0 amide bonds. The van der Waals surface area contributed by atoms with Gasteiger partial charge in [-0.25, -0.2) is 0 Å². The van der Waals surface area contributed by atoms with E-state index in [-0.39, 0.29) is 0 Å². The zero-order valence-electron chi connectivity index (χ0n) is 8.61. The van der Waals surface area contributed by atoms with Gasteiger partial charge in [0.1, 0.15) is 0 Å². The molecule has 1 heterocycles. The van der Waals surface area contributed by atoms with Crippen LogP contribution in [0.4, 0.5) is 0 Å². The molecule has 14 heavy (non-hydrogen) atoms. The predicted molar refractivity (Wildman–Crippen MR) is 55.8 cm³/mol. The maximum atomic E-state index is 10.4. The van der Waals surface area contributed by atoms with Gasteiger partial charge in [0.15, 0.2) is 0 Å². The Bertz CT molecular complexity index is 288. The number of hydrogen-bond acceptors (Lipinski definition) is 2. The highest BCUT2D eigenvalue weighted by atomic mass is 16.3. The Kier molecular flexibility index (Phi) is 2.55. The van der Waals surface area contributed by atoms with Gasteiger partial charge in [0, 0.05) is 18.0 Å². The molecule has 1 aliphatic carbocycles. The smallest absolute Gasteiger partial charge is 0.0911 e. The van der Waals surface area contributed by atoms with Crippen LogP contribution in [0.25, 0.3) is 0 Å². The van der Waals surface area contributed by atoms with Gasteiger partial charge in [0.2, 0.25) is 0 Å². The van der Waals surface area contributed by atoms with Crippen molar-refractivity contribution in [2.24, 2.45) is 5.92 Å². The molecule has 1 saturated carbocycles. The molecule has 1 aromatic heterocycles. The molecule has 0 bridgehead atoms. The first-order chi connectivity index (χ1) is 6.71. The Morgan fingerprint density at radius 1 is 1.43 bits per heavy atom. The van der Waals surface area contributed by atoms with Crippen molar-refractivity contribution in [3.05, 3.63) is 30.1 Å². The first-order valence-corrected chi connectivity index (χ1v) is 5.34. The second-order valence-electron chi connectivity index (χ2n) is 4.37. The minimum Gasteiger partial charge on any atom is -0.385 e. The van der Waals surface area contributed by atoms with Crippen LogP contribution in [0.3, 0.4) is 0 Å². The Labute approximate surface area is 85.0 Å². The van der Waals surface area contributed by atoms with E-state index in [4.69, 9.17) is 0 Å². The Morgan fingerprint density at radius 3 is 2.71 bits per heavy atom. The number of nitrogens with zero attached hydrogens (tertiary/aromatic N) is 1. The summed E-state index contributed by atoms with van der Waals surface area (Å²) in [5.41, 5.74) is 0.261. The second kappa shape index (κ2) is 3.70. The van der Waals surface area contributed by atoms with E-state index in [1.165, 1.54) is 12.8 Å². The Hall–Kier alpha value is -0.890. The third-order valence-corrected chi connectivity index (χ3v) is 3.40. The lowest BCUT2D eigenvalue weighted by Gasteiger charge is -2.30. The predicted octanol–water partition coefficient (Wildman–Crippen LogP) is 2.48. The largest absolute Gasteiger partial charge is 0.385 e. The highest BCUT2D eigenvalue weighted by molar-refractivity contribution is 5.18. The minimum absolute atomic E-state index is 0.409. The van der Waals surface area contributed by atoms with Crippen molar-refractivity contribution in [3.8, 4) is 0 Å². The van der Waals surface area contributed by atoms with Crippen LogP contribution in [-0.2, 0) is 5.60 Å². The number of aromatic nitrogens is 1. The van der Waals surface area contributed by atoms with Crippen molar-refractivity contribution in [2.75, 3.05) is 0 Å². The summed E-state index contributed by atoms with van der Waals surface area (Å²) in [7, 11) is 0. The van der Waals surface area contributed by atoms with Crippen molar-refractivity contribution >= 4 is 0 Å². The standard InChI is InChI=1S/C12H17NO/c1-12(14,10-5-2-3-6-10)11-7-4-8-13-9-11/h4,7-10,14H,2-3,5-6H2,1H3.